The summed E-state index contributed by atoms with van der Waals surface area (Å²) in [6.07, 6.45) is 1.76. The van der Waals surface area contributed by atoms with E-state index in [9.17, 15) is 0 Å². The van der Waals surface area contributed by atoms with Gasteiger partial charge in [-0.05, 0) is 24.6 Å². The van der Waals surface area contributed by atoms with Crippen molar-refractivity contribution in [2.24, 2.45) is 5.10 Å². The standard InChI is InChI=1S/C12H15N5S/c1-9-14-16-12(18-9)15-13-8-10-4-6-11(7-5-10)17(2)3/h4-8H,1-3H3,(H,15,16)/b13-8-. The molecule has 5 nitrogen and oxygen atoms in total. The summed E-state index contributed by atoms with van der Waals surface area (Å²) in [4.78, 5) is 2.06. The van der Waals surface area contributed by atoms with E-state index in [0.717, 1.165) is 10.6 Å². The van der Waals surface area contributed by atoms with Gasteiger partial charge in [-0.15, -0.1) is 10.2 Å². The van der Waals surface area contributed by atoms with Gasteiger partial charge in [0.1, 0.15) is 5.01 Å². The predicted molar refractivity (Wildman–Crippen MR) is 76.6 cm³/mol. The van der Waals surface area contributed by atoms with Gasteiger partial charge in [0.2, 0.25) is 5.13 Å². The molecule has 0 saturated carbocycles. The number of aromatic nitrogens is 2. The minimum absolute atomic E-state index is 0.702. The molecule has 94 valence electrons. The third-order valence-corrected chi connectivity index (χ3v) is 3.05. The van der Waals surface area contributed by atoms with E-state index in [4.69, 9.17) is 0 Å². The van der Waals surface area contributed by atoms with Gasteiger partial charge < -0.3 is 4.90 Å². The lowest BCUT2D eigenvalue weighted by Crippen LogP contribution is -2.08. The zero-order valence-corrected chi connectivity index (χ0v) is 11.4. The molecule has 1 N–H and O–H groups in total. The van der Waals surface area contributed by atoms with Crippen LogP contribution in [-0.2, 0) is 0 Å². The molecule has 0 fully saturated rings. The van der Waals surface area contributed by atoms with Gasteiger partial charge in [0.15, 0.2) is 0 Å². The Morgan fingerprint density at radius 2 is 1.94 bits per heavy atom. The van der Waals surface area contributed by atoms with Crippen LogP contribution in [0.2, 0.25) is 0 Å². The smallest absolute Gasteiger partial charge is 0.225 e. The second-order valence-corrected chi connectivity index (χ2v) is 5.16. The van der Waals surface area contributed by atoms with Crippen LogP contribution in [0.15, 0.2) is 29.4 Å². The van der Waals surface area contributed by atoms with Crippen molar-refractivity contribution in [3.05, 3.63) is 34.8 Å². The summed E-state index contributed by atoms with van der Waals surface area (Å²) in [5, 5.41) is 13.6. The Balaban J connectivity index is 1.96. The van der Waals surface area contributed by atoms with Gasteiger partial charge in [-0.25, -0.2) is 0 Å². The van der Waals surface area contributed by atoms with Crippen LogP contribution in [0.5, 0.6) is 0 Å². The summed E-state index contributed by atoms with van der Waals surface area (Å²) in [5.74, 6) is 0. The lowest BCUT2D eigenvalue weighted by molar-refractivity contribution is 1.04. The van der Waals surface area contributed by atoms with Crippen LogP contribution < -0.4 is 10.3 Å². The number of benzene rings is 1. The first-order chi connectivity index (χ1) is 8.65. The van der Waals surface area contributed by atoms with Gasteiger partial charge in [-0.3, -0.25) is 5.43 Å². The number of hydrazone groups is 1. The van der Waals surface area contributed by atoms with Crippen molar-refractivity contribution in [3.63, 3.8) is 0 Å². The summed E-state index contributed by atoms with van der Waals surface area (Å²) in [6.45, 7) is 1.91. The van der Waals surface area contributed by atoms with Crippen molar-refractivity contribution in [2.45, 2.75) is 6.92 Å². The van der Waals surface area contributed by atoms with E-state index in [1.54, 1.807) is 6.21 Å². The van der Waals surface area contributed by atoms with Crippen LogP contribution in [0.3, 0.4) is 0 Å². The van der Waals surface area contributed by atoms with Crippen LogP contribution in [0, 0.1) is 6.92 Å². The number of nitrogens with zero attached hydrogens (tertiary/aromatic N) is 4. The van der Waals surface area contributed by atoms with E-state index in [0.29, 0.717) is 5.13 Å². The predicted octanol–water partition coefficient (Wildman–Crippen LogP) is 2.36. The van der Waals surface area contributed by atoms with Gasteiger partial charge in [0, 0.05) is 19.8 Å². The zero-order chi connectivity index (χ0) is 13.0. The minimum atomic E-state index is 0.702. The lowest BCUT2D eigenvalue weighted by Gasteiger charge is -2.11. The maximum atomic E-state index is 4.12. The fourth-order valence-electron chi connectivity index (χ4n) is 1.36. The largest absolute Gasteiger partial charge is 0.378 e. The molecule has 18 heavy (non-hydrogen) atoms. The van der Waals surface area contributed by atoms with Crippen molar-refractivity contribution in [1.82, 2.24) is 10.2 Å². The van der Waals surface area contributed by atoms with Crippen molar-refractivity contribution in [1.29, 1.82) is 0 Å². The molecule has 0 atom stereocenters. The van der Waals surface area contributed by atoms with Crippen molar-refractivity contribution in [3.8, 4) is 0 Å². The van der Waals surface area contributed by atoms with Crippen LogP contribution in [0.4, 0.5) is 10.8 Å². The van der Waals surface area contributed by atoms with Crippen LogP contribution >= 0.6 is 11.3 Å². The zero-order valence-electron chi connectivity index (χ0n) is 10.6. The molecule has 1 aromatic carbocycles. The second kappa shape index (κ2) is 5.59. The third kappa shape index (κ3) is 3.27. The molecule has 0 unspecified atom stereocenters. The number of hydrogen-bond donors (Lipinski definition) is 1. The summed E-state index contributed by atoms with van der Waals surface area (Å²) in [7, 11) is 4.03. The van der Waals surface area contributed by atoms with Gasteiger partial charge in [0.05, 0.1) is 6.21 Å². The van der Waals surface area contributed by atoms with Crippen molar-refractivity contribution in [2.75, 3.05) is 24.4 Å². The molecule has 1 heterocycles. The highest BCUT2D eigenvalue weighted by atomic mass is 32.1. The highest BCUT2D eigenvalue weighted by Crippen LogP contribution is 2.14. The molecular formula is C12H15N5S. The number of rotatable bonds is 4. The van der Waals surface area contributed by atoms with Gasteiger partial charge >= 0.3 is 0 Å². The molecule has 1 aromatic heterocycles. The molecular weight excluding hydrogens is 246 g/mol. The molecule has 0 saturated heterocycles. The molecule has 0 bridgehead atoms. The Morgan fingerprint density at radius 3 is 2.50 bits per heavy atom. The maximum Gasteiger partial charge on any atom is 0.225 e. The normalized spacial score (nSPS) is 10.8. The number of nitrogens with one attached hydrogen (secondary N) is 1. The Labute approximate surface area is 110 Å². The van der Waals surface area contributed by atoms with Gasteiger partial charge in [-0.2, -0.15) is 5.10 Å². The van der Waals surface area contributed by atoms with E-state index < -0.39 is 0 Å². The fourth-order valence-corrected chi connectivity index (χ4v) is 1.90. The monoisotopic (exact) mass is 261 g/mol. The Bertz CT molecular complexity index is 530. The summed E-state index contributed by atoms with van der Waals surface area (Å²) in [5.41, 5.74) is 5.06. The van der Waals surface area contributed by atoms with E-state index in [-0.39, 0.29) is 0 Å². The second-order valence-electron chi connectivity index (χ2n) is 3.98. The fraction of sp³-hybridized carbons (Fsp3) is 0.250. The van der Waals surface area contributed by atoms with Gasteiger partial charge in [0.25, 0.3) is 0 Å². The molecule has 0 aliphatic carbocycles. The quantitative estimate of drug-likeness (QED) is 0.678. The molecule has 6 heteroatoms. The first-order valence-electron chi connectivity index (χ1n) is 5.52. The SMILES string of the molecule is Cc1nnc(N/N=C\c2ccc(N(C)C)cc2)s1. The summed E-state index contributed by atoms with van der Waals surface area (Å²) in [6, 6.07) is 8.14. The van der Waals surface area contributed by atoms with E-state index in [1.165, 1.54) is 17.0 Å². The van der Waals surface area contributed by atoms with Crippen LogP contribution in [0.25, 0.3) is 0 Å². The van der Waals surface area contributed by atoms with Crippen LogP contribution in [-0.4, -0.2) is 30.5 Å². The maximum absolute atomic E-state index is 4.12. The number of aryl methyl sites for hydroxylation is 1. The topological polar surface area (TPSA) is 53.4 Å². The van der Waals surface area contributed by atoms with Crippen molar-refractivity contribution < 1.29 is 0 Å². The average molecular weight is 261 g/mol. The minimum Gasteiger partial charge on any atom is -0.378 e. The summed E-state index contributed by atoms with van der Waals surface area (Å²) >= 11 is 1.48. The third-order valence-electron chi connectivity index (χ3n) is 2.31. The Morgan fingerprint density at radius 1 is 1.22 bits per heavy atom. The molecule has 0 amide bonds. The molecule has 2 rings (SSSR count). The highest BCUT2D eigenvalue weighted by Gasteiger charge is 1.97. The van der Waals surface area contributed by atoms with E-state index in [2.05, 4.69) is 37.8 Å². The first-order valence-corrected chi connectivity index (χ1v) is 6.33. The lowest BCUT2D eigenvalue weighted by atomic mass is 10.2. The highest BCUT2D eigenvalue weighted by molar-refractivity contribution is 7.15. The number of anilines is 2. The first kappa shape index (κ1) is 12.5. The molecule has 0 aliphatic heterocycles. The molecule has 0 radical (unpaired) electrons. The summed E-state index contributed by atoms with van der Waals surface area (Å²) < 4.78 is 0. The van der Waals surface area contributed by atoms with Gasteiger partial charge in [-0.1, -0.05) is 23.5 Å². The Kier molecular flexibility index (Phi) is 3.88. The average Bonchev–Trinajstić information content (AvgIpc) is 2.76. The number of hydrogen-bond acceptors (Lipinski definition) is 6. The van der Waals surface area contributed by atoms with E-state index in [1.807, 2.05) is 33.2 Å². The molecule has 0 spiro atoms. The van der Waals surface area contributed by atoms with E-state index >= 15 is 0 Å². The molecule has 2 aromatic rings. The van der Waals surface area contributed by atoms with Crippen molar-refractivity contribution >= 4 is 28.4 Å². The Hall–Kier alpha value is -1.95. The van der Waals surface area contributed by atoms with Crippen LogP contribution in [0.1, 0.15) is 10.6 Å². The molecule has 0 aliphatic rings.